The Labute approximate surface area is 151 Å². The van der Waals surface area contributed by atoms with Gasteiger partial charge in [0.1, 0.15) is 0 Å². The molecule has 2 unspecified atom stereocenters. The molecule has 0 saturated carbocycles. The third-order valence-corrected chi connectivity index (χ3v) is 5.26. The predicted octanol–water partition coefficient (Wildman–Crippen LogP) is 2.85. The lowest BCUT2D eigenvalue weighted by Gasteiger charge is -2.33. The number of rotatable bonds is 5. The number of carbonyl (C=O) groups excluding carboxylic acids is 1. The average Bonchev–Trinajstić information content (AvgIpc) is 3.10. The first-order chi connectivity index (χ1) is 11.2. The second-order valence-electron chi connectivity index (χ2n) is 6.95. The minimum absolute atomic E-state index is 0. The molecular formula is C19H30ClN3O. The van der Waals surface area contributed by atoms with Gasteiger partial charge in [-0.25, -0.2) is 0 Å². The van der Waals surface area contributed by atoms with Crippen molar-refractivity contribution in [1.82, 2.24) is 15.5 Å². The van der Waals surface area contributed by atoms with Crippen LogP contribution in [0.5, 0.6) is 0 Å². The Bertz CT molecular complexity index is 531. The normalized spacial score (nSPS) is 24.4. The minimum Gasteiger partial charge on any atom is -0.351 e. The van der Waals surface area contributed by atoms with Crippen LogP contribution in [0.15, 0.2) is 24.3 Å². The molecule has 3 rings (SSSR count). The number of amides is 1. The van der Waals surface area contributed by atoms with Gasteiger partial charge in [0.2, 0.25) is 5.91 Å². The summed E-state index contributed by atoms with van der Waals surface area (Å²) in [5.74, 6) is 0.142. The van der Waals surface area contributed by atoms with Crippen molar-refractivity contribution >= 4 is 18.3 Å². The van der Waals surface area contributed by atoms with Crippen LogP contribution in [-0.2, 0) is 17.9 Å². The monoisotopic (exact) mass is 351 g/mol. The molecule has 4 nitrogen and oxygen atoms in total. The molecule has 0 bridgehead atoms. The van der Waals surface area contributed by atoms with Gasteiger partial charge in [-0.2, -0.15) is 0 Å². The summed E-state index contributed by atoms with van der Waals surface area (Å²) in [7, 11) is 0. The van der Waals surface area contributed by atoms with Crippen molar-refractivity contribution < 1.29 is 4.79 Å². The highest BCUT2D eigenvalue weighted by atomic mass is 35.5. The molecule has 0 spiro atoms. The lowest BCUT2D eigenvalue weighted by molar-refractivity contribution is -0.122. The molecular weight excluding hydrogens is 322 g/mol. The van der Waals surface area contributed by atoms with Gasteiger partial charge in [0.25, 0.3) is 0 Å². The fourth-order valence-electron chi connectivity index (χ4n) is 3.71. The quantitative estimate of drug-likeness (QED) is 0.857. The highest BCUT2D eigenvalue weighted by molar-refractivity contribution is 5.85. The number of hydrogen-bond acceptors (Lipinski definition) is 3. The molecule has 0 aromatic heterocycles. The van der Waals surface area contributed by atoms with Gasteiger partial charge in [0.05, 0.1) is 6.04 Å². The lowest BCUT2D eigenvalue weighted by atomic mass is 10.0. The van der Waals surface area contributed by atoms with Crippen LogP contribution in [0.2, 0.25) is 0 Å². The van der Waals surface area contributed by atoms with Gasteiger partial charge in [-0.05, 0) is 56.8 Å². The molecule has 2 fully saturated rings. The van der Waals surface area contributed by atoms with Crippen molar-refractivity contribution in [2.75, 3.05) is 13.1 Å². The van der Waals surface area contributed by atoms with Crippen molar-refractivity contribution in [1.29, 1.82) is 0 Å². The highest BCUT2D eigenvalue weighted by Crippen LogP contribution is 2.20. The maximum atomic E-state index is 12.2. The second-order valence-corrected chi connectivity index (χ2v) is 6.95. The fraction of sp³-hybridized carbons (Fsp3) is 0.632. The predicted molar refractivity (Wildman–Crippen MR) is 100 cm³/mol. The number of carbonyl (C=O) groups is 1. The Kier molecular flexibility index (Phi) is 7.53. The van der Waals surface area contributed by atoms with E-state index in [-0.39, 0.29) is 24.4 Å². The number of nitrogens with one attached hydrogen (secondary N) is 2. The Morgan fingerprint density at radius 2 is 2.00 bits per heavy atom. The summed E-state index contributed by atoms with van der Waals surface area (Å²) >= 11 is 0. The van der Waals surface area contributed by atoms with Crippen molar-refractivity contribution in [3.05, 3.63) is 35.4 Å². The van der Waals surface area contributed by atoms with Crippen LogP contribution in [0.3, 0.4) is 0 Å². The van der Waals surface area contributed by atoms with Crippen LogP contribution >= 0.6 is 12.4 Å². The zero-order valence-corrected chi connectivity index (χ0v) is 15.4. The van der Waals surface area contributed by atoms with Crippen LogP contribution in [-0.4, -0.2) is 36.0 Å². The van der Waals surface area contributed by atoms with Gasteiger partial charge in [-0.1, -0.05) is 30.7 Å². The van der Waals surface area contributed by atoms with Crippen LogP contribution in [0.1, 0.15) is 50.2 Å². The summed E-state index contributed by atoms with van der Waals surface area (Å²) in [4.78, 5) is 14.8. The molecule has 134 valence electrons. The molecule has 0 aliphatic carbocycles. The standard InChI is InChI=1S/C19H29N3O.ClH/c1-15-7-4-5-12-22(15)14-17-9-3-2-8-16(17)13-21-19(23)18-10-6-11-20-18;/h2-3,8-9,15,18,20H,4-7,10-14H2,1H3,(H,21,23);1H. The van der Waals surface area contributed by atoms with Crippen molar-refractivity contribution in [3.8, 4) is 0 Å². The summed E-state index contributed by atoms with van der Waals surface area (Å²) in [5, 5.41) is 6.37. The van der Waals surface area contributed by atoms with Crippen LogP contribution in [0.4, 0.5) is 0 Å². The molecule has 2 aliphatic rings. The Hall–Kier alpha value is -1.10. The molecule has 0 radical (unpaired) electrons. The van der Waals surface area contributed by atoms with Gasteiger partial charge in [-0.15, -0.1) is 12.4 Å². The van der Waals surface area contributed by atoms with Crippen LogP contribution < -0.4 is 10.6 Å². The first-order valence-corrected chi connectivity index (χ1v) is 9.06. The Morgan fingerprint density at radius 1 is 1.21 bits per heavy atom. The van der Waals surface area contributed by atoms with E-state index in [1.54, 1.807) is 0 Å². The third-order valence-electron chi connectivity index (χ3n) is 5.26. The van der Waals surface area contributed by atoms with E-state index in [0.29, 0.717) is 12.6 Å². The summed E-state index contributed by atoms with van der Waals surface area (Å²) < 4.78 is 0. The van der Waals surface area contributed by atoms with Crippen LogP contribution in [0, 0.1) is 0 Å². The minimum atomic E-state index is 0. The molecule has 2 saturated heterocycles. The summed E-state index contributed by atoms with van der Waals surface area (Å²) in [6.45, 7) is 6.11. The number of halogens is 1. The maximum absolute atomic E-state index is 12.2. The van der Waals surface area contributed by atoms with E-state index in [4.69, 9.17) is 0 Å². The van der Waals surface area contributed by atoms with Crippen LogP contribution in [0.25, 0.3) is 0 Å². The van der Waals surface area contributed by atoms with Gasteiger partial charge in [0.15, 0.2) is 0 Å². The van der Waals surface area contributed by atoms with E-state index in [1.807, 2.05) is 0 Å². The topological polar surface area (TPSA) is 44.4 Å². The van der Waals surface area contributed by atoms with Gasteiger partial charge < -0.3 is 10.6 Å². The second kappa shape index (κ2) is 9.40. The SMILES string of the molecule is CC1CCCCN1Cc1ccccc1CNC(=O)C1CCCN1.Cl. The number of benzene rings is 1. The average molecular weight is 352 g/mol. The van der Waals surface area contributed by atoms with Crippen molar-refractivity contribution in [3.63, 3.8) is 0 Å². The molecule has 2 heterocycles. The Morgan fingerprint density at radius 3 is 2.71 bits per heavy atom. The first-order valence-electron chi connectivity index (χ1n) is 9.06. The highest BCUT2D eigenvalue weighted by Gasteiger charge is 2.22. The third kappa shape index (κ3) is 4.95. The summed E-state index contributed by atoms with van der Waals surface area (Å²) in [6, 6.07) is 9.19. The van der Waals surface area contributed by atoms with E-state index in [1.165, 1.54) is 36.9 Å². The number of hydrogen-bond donors (Lipinski definition) is 2. The van der Waals surface area contributed by atoms with Crippen molar-refractivity contribution in [2.24, 2.45) is 0 Å². The smallest absolute Gasteiger partial charge is 0.237 e. The van der Waals surface area contributed by atoms with E-state index < -0.39 is 0 Å². The summed E-state index contributed by atoms with van der Waals surface area (Å²) in [6.07, 6.45) is 6.01. The van der Waals surface area contributed by atoms with E-state index in [9.17, 15) is 4.79 Å². The van der Waals surface area contributed by atoms with Crippen molar-refractivity contribution in [2.45, 2.75) is 64.2 Å². The zero-order chi connectivity index (χ0) is 16.1. The molecule has 2 N–H and O–H groups in total. The van der Waals surface area contributed by atoms with E-state index in [2.05, 4.69) is 46.7 Å². The molecule has 24 heavy (non-hydrogen) atoms. The van der Waals surface area contributed by atoms with Gasteiger partial charge in [-0.3, -0.25) is 9.69 Å². The number of piperidine rings is 1. The summed E-state index contributed by atoms with van der Waals surface area (Å²) in [5.41, 5.74) is 2.59. The molecule has 1 aromatic rings. The molecule has 1 aromatic carbocycles. The molecule has 2 atom stereocenters. The first kappa shape index (κ1) is 19.2. The fourth-order valence-corrected chi connectivity index (χ4v) is 3.71. The van der Waals surface area contributed by atoms with E-state index >= 15 is 0 Å². The van der Waals surface area contributed by atoms with Gasteiger partial charge in [0, 0.05) is 19.1 Å². The number of nitrogens with zero attached hydrogens (tertiary/aromatic N) is 1. The van der Waals surface area contributed by atoms with Gasteiger partial charge >= 0.3 is 0 Å². The largest absolute Gasteiger partial charge is 0.351 e. The zero-order valence-electron chi connectivity index (χ0n) is 14.6. The molecule has 5 heteroatoms. The van der Waals surface area contributed by atoms with E-state index in [0.717, 1.165) is 25.9 Å². The lowest BCUT2D eigenvalue weighted by Crippen LogP contribution is -2.40. The molecule has 2 aliphatic heterocycles. The molecule has 1 amide bonds. The maximum Gasteiger partial charge on any atom is 0.237 e. The number of likely N-dealkylation sites (tertiary alicyclic amines) is 1. The Balaban J connectivity index is 0.00000208.